The van der Waals surface area contributed by atoms with Crippen LogP contribution in [0.15, 0.2) is 23.2 Å². The Hall–Kier alpha value is -1.83. The van der Waals surface area contributed by atoms with Crippen LogP contribution >= 0.6 is 0 Å². The highest BCUT2D eigenvalue weighted by atomic mass is 16.5. The van der Waals surface area contributed by atoms with Gasteiger partial charge in [0.1, 0.15) is 5.75 Å². The van der Waals surface area contributed by atoms with Crippen molar-refractivity contribution in [3.05, 3.63) is 34.9 Å². The highest BCUT2D eigenvalue weighted by Crippen LogP contribution is 2.38. The number of benzene rings is 2. The molecule has 0 saturated carbocycles. The zero-order chi connectivity index (χ0) is 12.6. The van der Waals surface area contributed by atoms with Crippen molar-refractivity contribution in [1.82, 2.24) is 0 Å². The van der Waals surface area contributed by atoms with Gasteiger partial charge in [-0.15, -0.1) is 0 Å². The van der Waals surface area contributed by atoms with Gasteiger partial charge in [-0.3, -0.25) is 4.99 Å². The summed E-state index contributed by atoms with van der Waals surface area (Å²) in [6.45, 7) is 9.88. The van der Waals surface area contributed by atoms with Crippen molar-refractivity contribution >= 4 is 23.2 Å². The minimum absolute atomic E-state index is 0.889. The molecule has 0 aliphatic heterocycles. The van der Waals surface area contributed by atoms with Crippen molar-refractivity contribution in [2.75, 3.05) is 7.11 Å². The Bertz CT molecular complexity index is 600. The minimum Gasteiger partial charge on any atom is -0.496 e. The average Bonchev–Trinajstić information content (AvgIpc) is 2.30. The topological polar surface area (TPSA) is 21.6 Å². The summed E-state index contributed by atoms with van der Waals surface area (Å²) in [6.07, 6.45) is 0. The Labute approximate surface area is 102 Å². The second-order valence-corrected chi connectivity index (χ2v) is 4.39. The van der Waals surface area contributed by atoms with E-state index in [9.17, 15) is 0 Å². The van der Waals surface area contributed by atoms with E-state index in [0.717, 1.165) is 27.8 Å². The predicted molar refractivity (Wildman–Crippen MR) is 73.9 cm³/mol. The van der Waals surface area contributed by atoms with Crippen LogP contribution in [-0.4, -0.2) is 13.8 Å². The lowest BCUT2D eigenvalue weighted by Gasteiger charge is -2.14. The van der Waals surface area contributed by atoms with Crippen LogP contribution in [0.25, 0.3) is 10.8 Å². The van der Waals surface area contributed by atoms with Gasteiger partial charge in [-0.05, 0) is 55.6 Å². The predicted octanol–water partition coefficient (Wildman–Crippen LogP) is 4.11. The molecule has 0 heterocycles. The van der Waals surface area contributed by atoms with E-state index in [1.54, 1.807) is 7.11 Å². The number of rotatable bonds is 2. The Morgan fingerprint density at radius 1 is 1.12 bits per heavy atom. The van der Waals surface area contributed by atoms with Gasteiger partial charge in [0, 0.05) is 5.39 Å². The lowest BCUT2D eigenvalue weighted by atomic mass is 9.98. The van der Waals surface area contributed by atoms with Gasteiger partial charge < -0.3 is 4.74 Å². The first kappa shape index (κ1) is 11.6. The Kier molecular flexibility index (Phi) is 2.88. The quantitative estimate of drug-likeness (QED) is 0.708. The SMILES string of the molecule is C=Nc1cc(C)cc2cc(C)c(C)c(OC)c12. The zero-order valence-corrected chi connectivity index (χ0v) is 10.8. The molecule has 0 radical (unpaired) electrons. The summed E-state index contributed by atoms with van der Waals surface area (Å²) in [6, 6.07) is 6.36. The molecule has 2 aromatic carbocycles. The molecule has 2 nitrogen and oxygen atoms in total. The summed E-state index contributed by atoms with van der Waals surface area (Å²) in [7, 11) is 1.70. The maximum absolute atomic E-state index is 5.53. The van der Waals surface area contributed by atoms with Gasteiger partial charge in [-0.2, -0.15) is 0 Å². The summed E-state index contributed by atoms with van der Waals surface area (Å²) in [5.74, 6) is 0.905. The summed E-state index contributed by atoms with van der Waals surface area (Å²) < 4.78 is 5.53. The molecule has 0 aliphatic carbocycles. The van der Waals surface area contributed by atoms with Gasteiger partial charge in [0.25, 0.3) is 0 Å². The smallest absolute Gasteiger partial charge is 0.132 e. The number of ether oxygens (including phenoxy) is 1. The number of nitrogens with zero attached hydrogens (tertiary/aromatic N) is 1. The van der Waals surface area contributed by atoms with Crippen LogP contribution in [-0.2, 0) is 0 Å². The molecule has 0 N–H and O–H groups in total. The molecule has 0 saturated heterocycles. The molecule has 17 heavy (non-hydrogen) atoms. The molecule has 2 heteroatoms. The number of aryl methyl sites for hydroxylation is 2. The third kappa shape index (κ3) is 1.80. The largest absolute Gasteiger partial charge is 0.496 e. The van der Waals surface area contributed by atoms with E-state index < -0.39 is 0 Å². The van der Waals surface area contributed by atoms with Crippen molar-refractivity contribution in [2.45, 2.75) is 20.8 Å². The molecule has 0 bridgehead atoms. The Balaban J connectivity index is 3.00. The van der Waals surface area contributed by atoms with Crippen molar-refractivity contribution in [2.24, 2.45) is 4.99 Å². The van der Waals surface area contributed by atoms with Gasteiger partial charge in [-0.25, -0.2) is 0 Å². The van der Waals surface area contributed by atoms with Crippen LogP contribution in [0.5, 0.6) is 5.75 Å². The van der Waals surface area contributed by atoms with Gasteiger partial charge >= 0.3 is 0 Å². The summed E-state index contributed by atoms with van der Waals surface area (Å²) in [5.41, 5.74) is 4.47. The van der Waals surface area contributed by atoms with Crippen LogP contribution in [0.3, 0.4) is 0 Å². The van der Waals surface area contributed by atoms with Crippen molar-refractivity contribution in [3.8, 4) is 5.75 Å². The molecule has 0 aliphatic rings. The molecule has 0 unspecified atom stereocenters. The fraction of sp³-hybridized carbons (Fsp3) is 0.267. The number of fused-ring (bicyclic) bond motifs is 1. The van der Waals surface area contributed by atoms with E-state index in [0.29, 0.717) is 0 Å². The van der Waals surface area contributed by atoms with Gasteiger partial charge in [-0.1, -0.05) is 12.1 Å². The summed E-state index contributed by atoms with van der Waals surface area (Å²) >= 11 is 0. The van der Waals surface area contributed by atoms with E-state index in [1.807, 2.05) is 6.07 Å². The van der Waals surface area contributed by atoms with E-state index in [4.69, 9.17) is 4.74 Å². The third-order valence-corrected chi connectivity index (χ3v) is 3.20. The highest BCUT2D eigenvalue weighted by molar-refractivity contribution is 6.00. The molecule has 0 fully saturated rings. The zero-order valence-electron chi connectivity index (χ0n) is 10.8. The third-order valence-electron chi connectivity index (χ3n) is 3.20. The molecular formula is C15H17NO. The van der Waals surface area contributed by atoms with Crippen LogP contribution in [0.4, 0.5) is 5.69 Å². The normalized spacial score (nSPS) is 10.6. The van der Waals surface area contributed by atoms with Gasteiger partial charge in [0.15, 0.2) is 0 Å². The van der Waals surface area contributed by atoms with E-state index >= 15 is 0 Å². The first-order chi connectivity index (χ1) is 8.08. The van der Waals surface area contributed by atoms with Crippen molar-refractivity contribution < 1.29 is 4.74 Å². The number of hydrogen-bond acceptors (Lipinski definition) is 2. The molecule has 88 valence electrons. The molecular weight excluding hydrogens is 210 g/mol. The molecule has 0 spiro atoms. The van der Waals surface area contributed by atoms with Crippen LogP contribution in [0, 0.1) is 20.8 Å². The molecule has 2 aromatic rings. The Morgan fingerprint density at radius 2 is 1.82 bits per heavy atom. The molecule has 0 amide bonds. The maximum atomic E-state index is 5.53. The lowest BCUT2D eigenvalue weighted by Crippen LogP contribution is -1.93. The van der Waals surface area contributed by atoms with Gasteiger partial charge in [0.05, 0.1) is 12.8 Å². The van der Waals surface area contributed by atoms with Gasteiger partial charge in [0.2, 0.25) is 0 Å². The summed E-state index contributed by atoms with van der Waals surface area (Å²) in [4.78, 5) is 4.11. The number of aliphatic imine (C=N–C) groups is 1. The first-order valence-electron chi connectivity index (χ1n) is 5.63. The summed E-state index contributed by atoms with van der Waals surface area (Å²) in [5, 5.41) is 2.21. The fourth-order valence-electron chi connectivity index (χ4n) is 2.24. The monoisotopic (exact) mass is 227 g/mol. The highest BCUT2D eigenvalue weighted by Gasteiger charge is 2.12. The second kappa shape index (κ2) is 4.21. The Morgan fingerprint density at radius 3 is 2.41 bits per heavy atom. The van der Waals surface area contributed by atoms with Crippen molar-refractivity contribution in [1.29, 1.82) is 0 Å². The maximum Gasteiger partial charge on any atom is 0.132 e. The first-order valence-corrected chi connectivity index (χ1v) is 5.63. The van der Waals surface area contributed by atoms with E-state index in [1.165, 1.54) is 11.1 Å². The number of methoxy groups -OCH3 is 1. The van der Waals surface area contributed by atoms with E-state index in [-0.39, 0.29) is 0 Å². The standard InChI is InChI=1S/C15H17NO/c1-9-6-12-8-10(2)11(3)15(17-5)14(12)13(7-9)16-4/h6-8H,4H2,1-3,5H3. The van der Waals surface area contributed by atoms with Crippen LogP contribution < -0.4 is 4.74 Å². The second-order valence-electron chi connectivity index (χ2n) is 4.39. The minimum atomic E-state index is 0.889. The number of hydrogen-bond donors (Lipinski definition) is 0. The fourth-order valence-corrected chi connectivity index (χ4v) is 2.24. The lowest BCUT2D eigenvalue weighted by molar-refractivity contribution is 0.416. The molecule has 0 aromatic heterocycles. The average molecular weight is 227 g/mol. The van der Waals surface area contributed by atoms with Crippen molar-refractivity contribution in [3.63, 3.8) is 0 Å². The molecule has 2 rings (SSSR count). The molecule has 0 atom stereocenters. The van der Waals surface area contributed by atoms with E-state index in [2.05, 4.69) is 44.6 Å². The van der Waals surface area contributed by atoms with Crippen LogP contribution in [0.2, 0.25) is 0 Å². The van der Waals surface area contributed by atoms with Crippen LogP contribution in [0.1, 0.15) is 16.7 Å².